The Hall–Kier alpha value is -3.38. The number of aromatic nitrogens is 1. The second kappa shape index (κ2) is 8.04. The van der Waals surface area contributed by atoms with Crippen LogP contribution in [0.25, 0.3) is 22.0 Å². The molecule has 0 aliphatic carbocycles. The average molecular weight is 475 g/mol. The maximum atomic E-state index is 13.2. The lowest BCUT2D eigenvalue weighted by Crippen LogP contribution is -2.20. The molecule has 0 saturated carbocycles. The standard InChI is InChI=1S/C25H19BrN2O3/c1-30-18-9-5-8-16(12-18)22-14-21(28-31-22)24-23(15-6-3-2-4-7-15)19-13-17(26)10-11-20(19)27-25(24)29/h2-13,22H,14H2,1H3,(H,27,29)/t22-/m1/s1. The van der Waals surface area contributed by atoms with Crippen LogP contribution in [0.2, 0.25) is 0 Å². The smallest absolute Gasteiger partial charge is 0.258 e. The SMILES string of the molecule is COc1cccc([C@H]2CC(c3c(-c4ccccc4)c4cc(Br)ccc4[nH]c3=O)=NO2)c1. The normalized spacial score (nSPS) is 15.5. The van der Waals surface area contributed by atoms with Crippen molar-refractivity contribution in [2.75, 3.05) is 7.11 Å². The summed E-state index contributed by atoms with van der Waals surface area (Å²) in [7, 11) is 1.63. The van der Waals surface area contributed by atoms with Crippen LogP contribution in [-0.2, 0) is 4.84 Å². The number of halogens is 1. The molecule has 5 nitrogen and oxygen atoms in total. The van der Waals surface area contributed by atoms with Gasteiger partial charge >= 0.3 is 0 Å². The number of aromatic amines is 1. The van der Waals surface area contributed by atoms with Gasteiger partial charge in [-0.1, -0.05) is 63.6 Å². The number of hydrogen-bond donors (Lipinski definition) is 1. The molecule has 0 fully saturated rings. The Morgan fingerprint density at radius 3 is 2.68 bits per heavy atom. The first-order valence-corrected chi connectivity index (χ1v) is 10.7. The summed E-state index contributed by atoms with van der Waals surface area (Å²) in [6, 6.07) is 23.5. The van der Waals surface area contributed by atoms with Crippen molar-refractivity contribution in [2.45, 2.75) is 12.5 Å². The predicted octanol–water partition coefficient (Wildman–Crippen LogP) is 5.83. The molecule has 0 unspecified atom stereocenters. The molecule has 1 aromatic heterocycles. The van der Waals surface area contributed by atoms with E-state index in [1.165, 1.54) is 0 Å². The first kappa shape index (κ1) is 19.6. The van der Waals surface area contributed by atoms with Gasteiger partial charge in [-0.3, -0.25) is 4.79 Å². The maximum Gasteiger partial charge on any atom is 0.258 e. The highest BCUT2D eigenvalue weighted by atomic mass is 79.9. The molecule has 1 N–H and O–H groups in total. The van der Waals surface area contributed by atoms with Crippen molar-refractivity contribution in [3.63, 3.8) is 0 Å². The van der Waals surface area contributed by atoms with Crippen LogP contribution in [0.4, 0.5) is 0 Å². The second-order valence-electron chi connectivity index (χ2n) is 7.37. The number of hydrogen-bond acceptors (Lipinski definition) is 4. The highest BCUT2D eigenvalue weighted by Gasteiger charge is 2.29. The van der Waals surface area contributed by atoms with E-state index in [0.29, 0.717) is 17.7 Å². The molecule has 0 saturated heterocycles. The highest BCUT2D eigenvalue weighted by molar-refractivity contribution is 9.10. The van der Waals surface area contributed by atoms with Crippen LogP contribution < -0.4 is 10.3 Å². The lowest BCUT2D eigenvalue weighted by Gasteiger charge is -2.13. The Kier molecular flexibility index (Phi) is 5.08. The minimum Gasteiger partial charge on any atom is -0.497 e. The molecular formula is C25H19BrN2O3. The molecule has 2 heterocycles. The summed E-state index contributed by atoms with van der Waals surface area (Å²) in [5.74, 6) is 0.757. The van der Waals surface area contributed by atoms with Gasteiger partial charge < -0.3 is 14.6 Å². The van der Waals surface area contributed by atoms with Crippen LogP contribution in [0.3, 0.4) is 0 Å². The van der Waals surface area contributed by atoms with Gasteiger partial charge in [0.05, 0.1) is 18.4 Å². The fourth-order valence-corrected chi connectivity index (χ4v) is 4.35. The molecule has 4 aromatic rings. The first-order chi connectivity index (χ1) is 15.1. The Morgan fingerprint density at radius 2 is 1.87 bits per heavy atom. The van der Waals surface area contributed by atoms with Crippen molar-refractivity contribution in [1.82, 2.24) is 4.98 Å². The minimum atomic E-state index is -0.272. The zero-order valence-electron chi connectivity index (χ0n) is 16.8. The van der Waals surface area contributed by atoms with E-state index in [0.717, 1.165) is 37.8 Å². The zero-order valence-corrected chi connectivity index (χ0v) is 18.3. The van der Waals surface area contributed by atoms with E-state index in [1.54, 1.807) is 7.11 Å². The summed E-state index contributed by atoms with van der Waals surface area (Å²) < 4.78 is 6.27. The minimum absolute atomic E-state index is 0.178. The number of rotatable bonds is 4. The van der Waals surface area contributed by atoms with Gasteiger partial charge in [-0.05, 0) is 41.5 Å². The van der Waals surface area contributed by atoms with E-state index >= 15 is 0 Å². The van der Waals surface area contributed by atoms with Crippen LogP contribution >= 0.6 is 15.9 Å². The van der Waals surface area contributed by atoms with Crippen LogP contribution in [0.15, 0.2) is 87.2 Å². The molecule has 31 heavy (non-hydrogen) atoms. The summed E-state index contributed by atoms with van der Waals surface area (Å²) in [5.41, 5.74) is 4.55. The number of fused-ring (bicyclic) bond motifs is 1. The van der Waals surface area contributed by atoms with E-state index in [4.69, 9.17) is 9.57 Å². The van der Waals surface area contributed by atoms with Crippen molar-refractivity contribution in [3.8, 4) is 16.9 Å². The predicted molar refractivity (Wildman–Crippen MR) is 126 cm³/mol. The Labute approximate surface area is 187 Å². The van der Waals surface area contributed by atoms with Gasteiger partial charge in [-0.2, -0.15) is 0 Å². The lowest BCUT2D eigenvalue weighted by atomic mass is 9.91. The molecule has 1 aliphatic rings. The summed E-state index contributed by atoms with van der Waals surface area (Å²) in [4.78, 5) is 22.0. The van der Waals surface area contributed by atoms with Crippen LogP contribution in [0.1, 0.15) is 23.7 Å². The Bertz CT molecular complexity index is 1360. The number of H-pyrrole nitrogens is 1. The van der Waals surface area contributed by atoms with E-state index in [1.807, 2.05) is 72.8 Å². The molecule has 0 radical (unpaired) electrons. The van der Waals surface area contributed by atoms with E-state index in [9.17, 15) is 4.79 Å². The van der Waals surface area contributed by atoms with Gasteiger partial charge in [0.25, 0.3) is 5.56 Å². The molecule has 6 heteroatoms. The zero-order chi connectivity index (χ0) is 21.4. The topological polar surface area (TPSA) is 63.7 Å². The number of nitrogens with one attached hydrogen (secondary N) is 1. The Morgan fingerprint density at radius 1 is 1.03 bits per heavy atom. The first-order valence-electron chi connectivity index (χ1n) is 9.92. The van der Waals surface area contributed by atoms with Crippen molar-refractivity contribution in [2.24, 2.45) is 5.16 Å². The molecule has 5 rings (SSSR count). The van der Waals surface area contributed by atoms with Gasteiger partial charge in [0.1, 0.15) is 5.75 Å². The lowest BCUT2D eigenvalue weighted by molar-refractivity contribution is 0.0855. The highest BCUT2D eigenvalue weighted by Crippen LogP contribution is 2.36. The number of benzene rings is 3. The van der Waals surface area contributed by atoms with Crippen molar-refractivity contribution < 1.29 is 9.57 Å². The van der Waals surface area contributed by atoms with Crippen LogP contribution in [0.5, 0.6) is 5.75 Å². The fraction of sp³-hybridized carbons (Fsp3) is 0.120. The number of pyridine rings is 1. The van der Waals surface area contributed by atoms with E-state index < -0.39 is 0 Å². The molecule has 154 valence electrons. The van der Waals surface area contributed by atoms with Crippen molar-refractivity contribution in [1.29, 1.82) is 0 Å². The van der Waals surface area contributed by atoms with Gasteiger partial charge in [-0.25, -0.2) is 0 Å². The molecule has 0 bridgehead atoms. The molecular weight excluding hydrogens is 456 g/mol. The summed E-state index contributed by atoms with van der Waals surface area (Å²) >= 11 is 3.56. The molecule has 0 amide bonds. The number of nitrogens with zero attached hydrogens (tertiary/aromatic N) is 1. The third-order valence-electron chi connectivity index (χ3n) is 5.46. The number of methoxy groups -OCH3 is 1. The summed E-state index contributed by atoms with van der Waals surface area (Å²) in [5, 5.41) is 5.29. The third-order valence-corrected chi connectivity index (χ3v) is 5.95. The van der Waals surface area contributed by atoms with Gasteiger partial charge in [-0.15, -0.1) is 0 Å². The Balaban J connectivity index is 1.65. The molecule has 0 spiro atoms. The van der Waals surface area contributed by atoms with Gasteiger partial charge in [0.15, 0.2) is 6.10 Å². The fourth-order valence-electron chi connectivity index (χ4n) is 3.99. The quantitative estimate of drug-likeness (QED) is 0.404. The number of oxime groups is 1. The molecule has 1 atom stereocenters. The third kappa shape index (κ3) is 3.64. The van der Waals surface area contributed by atoms with E-state index in [2.05, 4.69) is 26.1 Å². The van der Waals surface area contributed by atoms with E-state index in [-0.39, 0.29) is 11.7 Å². The average Bonchev–Trinajstić information content (AvgIpc) is 3.29. The van der Waals surface area contributed by atoms with Crippen LogP contribution in [0, 0.1) is 0 Å². The molecule has 1 aliphatic heterocycles. The largest absolute Gasteiger partial charge is 0.497 e. The van der Waals surface area contributed by atoms with Gasteiger partial charge in [0, 0.05) is 27.4 Å². The maximum absolute atomic E-state index is 13.2. The number of ether oxygens (including phenoxy) is 1. The summed E-state index contributed by atoms with van der Waals surface area (Å²) in [6.07, 6.45) is 0.224. The van der Waals surface area contributed by atoms with Crippen molar-refractivity contribution in [3.05, 3.63) is 98.7 Å². The molecule has 3 aromatic carbocycles. The van der Waals surface area contributed by atoms with Gasteiger partial charge in [0.2, 0.25) is 0 Å². The van der Waals surface area contributed by atoms with Crippen molar-refractivity contribution >= 4 is 32.5 Å². The van der Waals surface area contributed by atoms with Crippen LogP contribution in [-0.4, -0.2) is 17.8 Å². The second-order valence-corrected chi connectivity index (χ2v) is 8.29. The monoisotopic (exact) mass is 474 g/mol. The summed E-state index contributed by atoms with van der Waals surface area (Å²) in [6.45, 7) is 0.